The quantitative estimate of drug-likeness (QED) is 0.730. The predicted octanol–water partition coefficient (Wildman–Crippen LogP) is 3.32. The first-order valence-electron chi connectivity index (χ1n) is 6.08. The molecular formula is C14H15NS. The van der Waals surface area contributed by atoms with Gasteiger partial charge in [-0.05, 0) is 35.4 Å². The number of hydrogen-bond donors (Lipinski definition) is 1. The maximum atomic E-state index is 3.55. The fourth-order valence-corrected chi connectivity index (χ4v) is 5.04. The molecule has 4 rings (SSSR count). The summed E-state index contributed by atoms with van der Waals surface area (Å²) in [5.41, 5.74) is 1.66. The molecule has 1 N–H and O–H groups in total. The number of rotatable bonds is 0. The van der Waals surface area contributed by atoms with Gasteiger partial charge in [0.25, 0.3) is 0 Å². The second-order valence-electron chi connectivity index (χ2n) is 5.09. The van der Waals surface area contributed by atoms with Crippen LogP contribution in [0.3, 0.4) is 0 Å². The van der Waals surface area contributed by atoms with Crippen LogP contribution in [0.2, 0.25) is 0 Å². The minimum atomic E-state index is 0.742. The van der Waals surface area contributed by atoms with Crippen LogP contribution in [0.5, 0.6) is 0 Å². The normalized spacial score (nSPS) is 31.9. The molecule has 0 bridgehead atoms. The number of thiophene rings is 1. The number of hydrogen-bond acceptors (Lipinski definition) is 2. The Hall–Kier alpha value is -0.860. The Morgan fingerprint density at radius 3 is 3.06 bits per heavy atom. The van der Waals surface area contributed by atoms with Crippen LogP contribution in [0, 0.1) is 5.92 Å². The fraction of sp³-hybridized carbons (Fsp3) is 0.429. The summed E-state index contributed by atoms with van der Waals surface area (Å²) in [5, 5.41) is 5.06. The molecule has 82 valence electrons. The maximum Gasteiger partial charge on any atom is 0.0348 e. The standard InChI is InChI=1S/C14H15NS/c1-8-10-6-15-7-11(10)14-13(8)9-4-2-3-5-12(9)16-14/h2-5,8,10-11,15H,6-7H2,1H3. The summed E-state index contributed by atoms with van der Waals surface area (Å²) in [4.78, 5) is 1.67. The SMILES string of the molecule is CC1c2c(sc3ccccc23)C2CNCC12. The molecule has 2 aromatic rings. The van der Waals surface area contributed by atoms with E-state index in [0.717, 1.165) is 17.8 Å². The molecule has 3 unspecified atom stereocenters. The molecule has 2 heterocycles. The van der Waals surface area contributed by atoms with Gasteiger partial charge in [-0.15, -0.1) is 11.3 Å². The van der Waals surface area contributed by atoms with Gasteiger partial charge in [0.2, 0.25) is 0 Å². The summed E-state index contributed by atoms with van der Waals surface area (Å²) in [6.07, 6.45) is 0. The average Bonchev–Trinajstić information content (AvgIpc) is 2.95. The zero-order valence-electron chi connectivity index (χ0n) is 9.36. The molecule has 3 atom stereocenters. The Morgan fingerprint density at radius 1 is 1.25 bits per heavy atom. The molecule has 1 saturated heterocycles. The molecule has 1 aromatic carbocycles. The van der Waals surface area contributed by atoms with Crippen molar-refractivity contribution in [1.29, 1.82) is 0 Å². The Morgan fingerprint density at radius 2 is 2.12 bits per heavy atom. The maximum absolute atomic E-state index is 3.55. The first-order chi connectivity index (χ1) is 7.86. The van der Waals surface area contributed by atoms with Crippen LogP contribution in [0.1, 0.15) is 29.2 Å². The Kier molecular flexibility index (Phi) is 1.77. The van der Waals surface area contributed by atoms with Crippen molar-refractivity contribution in [3.8, 4) is 0 Å². The third-order valence-corrected chi connectivity index (χ3v) is 5.68. The van der Waals surface area contributed by atoms with Crippen molar-refractivity contribution in [1.82, 2.24) is 5.32 Å². The second-order valence-corrected chi connectivity index (χ2v) is 6.18. The van der Waals surface area contributed by atoms with Crippen molar-refractivity contribution in [2.45, 2.75) is 18.8 Å². The van der Waals surface area contributed by atoms with E-state index in [-0.39, 0.29) is 0 Å². The molecule has 16 heavy (non-hydrogen) atoms. The molecule has 1 aromatic heterocycles. The minimum Gasteiger partial charge on any atom is -0.316 e. The number of benzene rings is 1. The summed E-state index contributed by atoms with van der Waals surface area (Å²) in [5.74, 6) is 2.39. The van der Waals surface area contributed by atoms with Gasteiger partial charge in [-0.1, -0.05) is 25.1 Å². The van der Waals surface area contributed by atoms with E-state index >= 15 is 0 Å². The van der Waals surface area contributed by atoms with Gasteiger partial charge in [0, 0.05) is 22.0 Å². The van der Waals surface area contributed by atoms with E-state index < -0.39 is 0 Å². The molecule has 1 aliphatic carbocycles. The molecule has 0 radical (unpaired) electrons. The monoisotopic (exact) mass is 229 g/mol. The molecule has 1 fully saturated rings. The van der Waals surface area contributed by atoms with Crippen LogP contribution in [0.15, 0.2) is 24.3 Å². The highest BCUT2D eigenvalue weighted by molar-refractivity contribution is 7.19. The Bertz CT molecular complexity index is 557. The average molecular weight is 229 g/mol. The van der Waals surface area contributed by atoms with Gasteiger partial charge >= 0.3 is 0 Å². The highest BCUT2D eigenvalue weighted by Crippen LogP contribution is 2.54. The fourth-order valence-electron chi connectivity index (χ4n) is 3.56. The predicted molar refractivity (Wildman–Crippen MR) is 69.3 cm³/mol. The smallest absolute Gasteiger partial charge is 0.0348 e. The van der Waals surface area contributed by atoms with Crippen molar-refractivity contribution in [3.05, 3.63) is 34.7 Å². The summed E-state index contributed by atoms with van der Waals surface area (Å²) >= 11 is 2.03. The highest BCUT2D eigenvalue weighted by atomic mass is 32.1. The lowest BCUT2D eigenvalue weighted by Crippen LogP contribution is -2.12. The van der Waals surface area contributed by atoms with Crippen LogP contribution >= 0.6 is 11.3 Å². The second kappa shape index (κ2) is 3.08. The van der Waals surface area contributed by atoms with Gasteiger partial charge in [0.1, 0.15) is 0 Å². The van der Waals surface area contributed by atoms with Crippen LogP contribution in [-0.4, -0.2) is 13.1 Å². The van der Waals surface area contributed by atoms with E-state index in [9.17, 15) is 0 Å². The Labute approximate surface area is 99.5 Å². The largest absolute Gasteiger partial charge is 0.316 e. The summed E-state index contributed by atoms with van der Waals surface area (Å²) < 4.78 is 1.48. The van der Waals surface area contributed by atoms with Crippen molar-refractivity contribution < 1.29 is 0 Å². The third kappa shape index (κ3) is 0.994. The first kappa shape index (κ1) is 9.20. The molecule has 0 amide bonds. The van der Waals surface area contributed by atoms with E-state index in [2.05, 4.69) is 36.5 Å². The highest BCUT2D eigenvalue weighted by Gasteiger charge is 2.43. The molecule has 0 saturated carbocycles. The molecule has 1 nitrogen and oxygen atoms in total. The topological polar surface area (TPSA) is 12.0 Å². The number of fused-ring (bicyclic) bond motifs is 5. The molecule has 1 aliphatic heterocycles. The van der Waals surface area contributed by atoms with Crippen molar-refractivity contribution >= 4 is 21.4 Å². The van der Waals surface area contributed by atoms with Crippen LogP contribution in [-0.2, 0) is 0 Å². The molecule has 0 spiro atoms. The zero-order valence-corrected chi connectivity index (χ0v) is 10.2. The first-order valence-corrected chi connectivity index (χ1v) is 6.90. The van der Waals surface area contributed by atoms with E-state index in [1.165, 1.54) is 23.2 Å². The van der Waals surface area contributed by atoms with Crippen molar-refractivity contribution in [2.75, 3.05) is 13.1 Å². The summed E-state index contributed by atoms with van der Waals surface area (Å²) in [6.45, 7) is 4.81. The van der Waals surface area contributed by atoms with Crippen molar-refractivity contribution in [2.24, 2.45) is 5.92 Å². The molecule has 2 heteroatoms. The molecular weight excluding hydrogens is 214 g/mol. The van der Waals surface area contributed by atoms with Crippen LogP contribution in [0.4, 0.5) is 0 Å². The summed E-state index contributed by atoms with van der Waals surface area (Å²) in [6, 6.07) is 8.90. The zero-order chi connectivity index (χ0) is 10.7. The van der Waals surface area contributed by atoms with Gasteiger partial charge in [-0.2, -0.15) is 0 Å². The van der Waals surface area contributed by atoms with Gasteiger partial charge in [-0.25, -0.2) is 0 Å². The lowest BCUT2D eigenvalue weighted by Gasteiger charge is -2.13. The van der Waals surface area contributed by atoms with Crippen molar-refractivity contribution in [3.63, 3.8) is 0 Å². The lowest BCUT2D eigenvalue weighted by molar-refractivity contribution is 0.489. The Balaban J connectivity index is 2.02. The van der Waals surface area contributed by atoms with Gasteiger partial charge < -0.3 is 5.32 Å². The van der Waals surface area contributed by atoms with Crippen LogP contribution in [0.25, 0.3) is 10.1 Å². The van der Waals surface area contributed by atoms with Gasteiger partial charge in [0.05, 0.1) is 0 Å². The minimum absolute atomic E-state index is 0.742. The van der Waals surface area contributed by atoms with E-state index in [1.54, 1.807) is 10.4 Å². The van der Waals surface area contributed by atoms with Gasteiger partial charge in [-0.3, -0.25) is 0 Å². The third-order valence-electron chi connectivity index (χ3n) is 4.36. The van der Waals surface area contributed by atoms with E-state index in [0.29, 0.717) is 0 Å². The van der Waals surface area contributed by atoms with Gasteiger partial charge in [0.15, 0.2) is 0 Å². The lowest BCUT2D eigenvalue weighted by atomic mass is 9.91. The molecule has 2 aliphatic rings. The van der Waals surface area contributed by atoms with Crippen LogP contribution < -0.4 is 5.32 Å². The van der Waals surface area contributed by atoms with E-state index in [1.807, 2.05) is 11.3 Å². The summed E-state index contributed by atoms with van der Waals surface area (Å²) in [7, 11) is 0. The van der Waals surface area contributed by atoms with E-state index in [4.69, 9.17) is 0 Å². The number of nitrogens with one attached hydrogen (secondary N) is 1.